The highest BCUT2D eigenvalue weighted by Gasteiger charge is 2.06. The van der Waals surface area contributed by atoms with Gasteiger partial charge >= 0.3 is 0 Å². The van der Waals surface area contributed by atoms with E-state index >= 15 is 0 Å². The minimum absolute atomic E-state index is 0.562. The van der Waals surface area contributed by atoms with Crippen molar-refractivity contribution in [1.29, 1.82) is 0 Å². The third kappa shape index (κ3) is 3.40. The van der Waals surface area contributed by atoms with E-state index in [-0.39, 0.29) is 0 Å². The van der Waals surface area contributed by atoms with Crippen molar-refractivity contribution in [3.8, 4) is 11.3 Å². The van der Waals surface area contributed by atoms with Gasteiger partial charge in [0.05, 0.1) is 5.69 Å². The van der Waals surface area contributed by atoms with Crippen LogP contribution in [0.25, 0.3) is 11.3 Å². The number of rotatable bonds is 4. The summed E-state index contributed by atoms with van der Waals surface area (Å²) in [6, 6.07) is 13.7. The fraction of sp³-hybridized carbons (Fsp3) is 0.0625. The maximum atomic E-state index is 4.48. The molecule has 110 valence electrons. The van der Waals surface area contributed by atoms with Crippen LogP contribution in [-0.4, -0.2) is 22.0 Å². The third-order valence-corrected chi connectivity index (χ3v) is 3.52. The molecule has 0 saturated carbocycles. The van der Waals surface area contributed by atoms with Gasteiger partial charge in [0, 0.05) is 41.2 Å². The lowest BCUT2D eigenvalue weighted by Gasteiger charge is -2.10. The van der Waals surface area contributed by atoms with Crippen LogP contribution in [0.15, 0.2) is 59.3 Å². The highest BCUT2D eigenvalue weighted by atomic mass is 79.9. The summed E-state index contributed by atoms with van der Waals surface area (Å²) in [5, 5.41) is 6.28. The zero-order valence-corrected chi connectivity index (χ0v) is 13.5. The molecule has 0 spiro atoms. The molecular formula is C16H14BrN5. The molecule has 0 amide bonds. The molecule has 0 aliphatic carbocycles. The maximum Gasteiger partial charge on any atom is 0.224 e. The van der Waals surface area contributed by atoms with Crippen molar-refractivity contribution in [2.24, 2.45) is 0 Å². The molecule has 0 aliphatic heterocycles. The number of aromatic nitrogens is 3. The first kappa shape index (κ1) is 14.5. The fourth-order valence-corrected chi connectivity index (χ4v) is 2.41. The summed E-state index contributed by atoms with van der Waals surface area (Å²) in [6.07, 6.45) is 3.50. The lowest BCUT2D eigenvalue weighted by atomic mass is 10.2. The summed E-state index contributed by atoms with van der Waals surface area (Å²) in [4.78, 5) is 13.0. The molecule has 22 heavy (non-hydrogen) atoms. The Labute approximate surface area is 137 Å². The minimum Gasteiger partial charge on any atom is -0.357 e. The predicted octanol–water partition coefficient (Wildman–Crippen LogP) is 4.09. The standard InChI is InChI=1S/C16H14BrN5/c1-18-16-21-14(11-5-7-19-8-6-11)10-15(22-16)20-13-4-2-3-12(17)9-13/h2-10H,1H3,(H2,18,20,21,22). The van der Waals surface area contributed by atoms with Gasteiger partial charge in [0.2, 0.25) is 5.95 Å². The Bertz CT molecular complexity index is 776. The Morgan fingerprint density at radius 2 is 1.82 bits per heavy atom. The summed E-state index contributed by atoms with van der Waals surface area (Å²) < 4.78 is 1.01. The molecule has 3 rings (SSSR count). The molecule has 0 unspecified atom stereocenters. The first-order chi connectivity index (χ1) is 10.7. The summed E-state index contributed by atoms with van der Waals surface area (Å²) in [5.41, 5.74) is 2.78. The van der Waals surface area contributed by atoms with Gasteiger partial charge in [-0.05, 0) is 30.3 Å². The van der Waals surface area contributed by atoms with Crippen LogP contribution >= 0.6 is 15.9 Å². The van der Waals surface area contributed by atoms with E-state index in [1.54, 1.807) is 19.4 Å². The second-order valence-electron chi connectivity index (χ2n) is 4.58. The Morgan fingerprint density at radius 1 is 1.00 bits per heavy atom. The zero-order valence-electron chi connectivity index (χ0n) is 11.9. The monoisotopic (exact) mass is 355 g/mol. The second-order valence-corrected chi connectivity index (χ2v) is 5.50. The van der Waals surface area contributed by atoms with Gasteiger partial charge in [-0.3, -0.25) is 4.98 Å². The van der Waals surface area contributed by atoms with Gasteiger partial charge in [-0.1, -0.05) is 22.0 Å². The molecule has 0 atom stereocenters. The van der Waals surface area contributed by atoms with Crippen molar-refractivity contribution in [2.75, 3.05) is 17.7 Å². The molecule has 6 heteroatoms. The molecule has 2 aromatic heterocycles. The molecule has 2 N–H and O–H groups in total. The van der Waals surface area contributed by atoms with Crippen LogP contribution in [0.2, 0.25) is 0 Å². The van der Waals surface area contributed by atoms with Gasteiger partial charge in [0.25, 0.3) is 0 Å². The maximum absolute atomic E-state index is 4.48. The van der Waals surface area contributed by atoms with E-state index in [4.69, 9.17) is 0 Å². The number of anilines is 3. The van der Waals surface area contributed by atoms with Crippen LogP contribution in [-0.2, 0) is 0 Å². The van der Waals surface area contributed by atoms with Gasteiger partial charge in [-0.25, -0.2) is 4.98 Å². The van der Waals surface area contributed by atoms with E-state index in [0.29, 0.717) is 5.95 Å². The molecule has 0 radical (unpaired) electrons. The van der Waals surface area contributed by atoms with Crippen molar-refractivity contribution < 1.29 is 0 Å². The van der Waals surface area contributed by atoms with E-state index in [9.17, 15) is 0 Å². The highest BCUT2D eigenvalue weighted by Crippen LogP contribution is 2.24. The lowest BCUT2D eigenvalue weighted by Crippen LogP contribution is -2.02. The molecule has 0 aliphatic rings. The number of hydrogen-bond donors (Lipinski definition) is 2. The van der Waals surface area contributed by atoms with Crippen LogP contribution in [0.3, 0.4) is 0 Å². The fourth-order valence-electron chi connectivity index (χ4n) is 2.01. The molecule has 0 bridgehead atoms. The van der Waals surface area contributed by atoms with Crippen LogP contribution in [0.4, 0.5) is 17.5 Å². The topological polar surface area (TPSA) is 62.7 Å². The normalized spacial score (nSPS) is 10.3. The van der Waals surface area contributed by atoms with E-state index in [0.717, 1.165) is 27.2 Å². The van der Waals surface area contributed by atoms with E-state index in [2.05, 4.69) is 41.5 Å². The SMILES string of the molecule is CNc1nc(Nc2cccc(Br)c2)cc(-c2ccncc2)n1. The van der Waals surface area contributed by atoms with Crippen LogP contribution in [0.5, 0.6) is 0 Å². The molecule has 0 fully saturated rings. The van der Waals surface area contributed by atoms with Gasteiger partial charge in [-0.2, -0.15) is 4.98 Å². The second kappa shape index (κ2) is 6.53. The van der Waals surface area contributed by atoms with E-state index < -0.39 is 0 Å². The van der Waals surface area contributed by atoms with Crippen molar-refractivity contribution in [3.05, 3.63) is 59.3 Å². The Kier molecular flexibility index (Phi) is 4.29. The molecule has 1 aromatic carbocycles. The van der Waals surface area contributed by atoms with Crippen LogP contribution in [0.1, 0.15) is 0 Å². The first-order valence-corrected chi connectivity index (χ1v) is 7.54. The summed E-state index contributed by atoms with van der Waals surface area (Å²) >= 11 is 3.46. The van der Waals surface area contributed by atoms with Crippen molar-refractivity contribution in [2.45, 2.75) is 0 Å². The predicted molar refractivity (Wildman–Crippen MR) is 92.2 cm³/mol. The van der Waals surface area contributed by atoms with Crippen molar-refractivity contribution >= 4 is 33.4 Å². The van der Waals surface area contributed by atoms with Crippen LogP contribution in [0, 0.1) is 0 Å². The van der Waals surface area contributed by atoms with Gasteiger partial charge in [0.15, 0.2) is 0 Å². The average molecular weight is 356 g/mol. The number of benzene rings is 1. The summed E-state index contributed by atoms with van der Waals surface area (Å²) in [5.74, 6) is 1.29. The van der Waals surface area contributed by atoms with Gasteiger partial charge in [0.1, 0.15) is 5.82 Å². The van der Waals surface area contributed by atoms with Crippen LogP contribution < -0.4 is 10.6 Å². The molecule has 3 aromatic rings. The van der Waals surface area contributed by atoms with Crippen molar-refractivity contribution in [3.63, 3.8) is 0 Å². The first-order valence-electron chi connectivity index (χ1n) is 6.74. The number of pyridine rings is 1. The number of halogens is 1. The summed E-state index contributed by atoms with van der Waals surface area (Å²) in [7, 11) is 1.80. The highest BCUT2D eigenvalue weighted by molar-refractivity contribution is 9.10. The summed E-state index contributed by atoms with van der Waals surface area (Å²) in [6.45, 7) is 0. The van der Waals surface area contributed by atoms with Gasteiger partial charge in [-0.15, -0.1) is 0 Å². The molecule has 0 saturated heterocycles. The number of nitrogens with one attached hydrogen (secondary N) is 2. The minimum atomic E-state index is 0.562. The smallest absolute Gasteiger partial charge is 0.224 e. The molecular weight excluding hydrogens is 342 g/mol. The Balaban J connectivity index is 1.97. The molecule has 2 heterocycles. The van der Waals surface area contributed by atoms with E-state index in [1.165, 1.54) is 0 Å². The molecule has 5 nitrogen and oxygen atoms in total. The zero-order chi connectivity index (χ0) is 15.4. The third-order valence-electron chi connectivity index (χ3n) is 3.02. The average Bonchev–Trinajstić information content (AvgIpc) is 2.55. The Hall–Kier alpha value is -2.47. The van der Waals surface area contributed by atoms with E-state index in [1.807, 2.05) is 42.5 Å². The number of hydrogen-bond acceptors (Lipinski definition) is 5. The largest absolute Gasteiger partial charge is 0.357 e. The Morgan fingerprint density at radius 3 is 2.55 bits per heavy atom. The number of nitrogens with zero attached hydrogens (tertiary/aromatic N) is 3. The van der Waals surface area contributed by atoms with Gasteiger partial charge < -0.3 is 10.6 Å². The van der Waals surface area contributed by atoms with Crippen molar-refractivity contribution in [1.82, 2.24) is 15.0 Å². The lowest BCUT2D eigenvalue weighted by molar-refractivity contribution is 1.15. The quantitative estimate of drug-likeness (QED) is 0.737.